The molecule has 6 nitrogen and oxygen atoms in total. The molecule has 3 heterocycles. The molecule has 0 unspecified atom stereocenters. The highest BCUT2D eigenvalue weighted by atomic mass is 32.1. The molecule has 156 valence electrons. The molecule has 2 amide bonds. The molecule has 0 radical (unpaired) electrons. The molecule has 0 aliphatic carbocycles. The van der Waals surface area contributed by atoms with Gasteiger partial charge >= 0.3 is 0 Å². The van der Waals surface area contributed by atoms with Crippen LogP contribution in [0.25, 0.3) is 0 Å². The van der Waals surface area contributed by atoms with E-state index in [-0.39, 0.29) is 17.9 Å². The zero-order chi connectivity index (χ0) is 19.8. The lowest BCUT2D eigenvalue weighted by molar-refractivity contribution is -0.133. The number of amides is 2. The van der Waals surface area contributed by atoms with Crippen LogP contribution in [-0.2, 0) is 16.0 Å². The van der Waals surface area contributed by atoms with Crippen LogP contribution in [0.2, 0.25) is 0 Å². The standard InChI is InChI=1S/C21H34N4O2S/c1-18(21(27)22-9-8-19-7-6-16-28-19)24-14-12-23(13-15-24)17-20(26)25-10-4-2-3-5-11-25/h6-7,16,18H,2-5,8-15,17H2,1H3,(H,22,27)/t18-/m0/s1. The summed E-state index contributed by atoms with van der Waals surface area (Å²) in [6, 6.07) is 4.03. The number of thiophene rings is 1. The summed E-state index contributed by atoms with van der Waals surface area (Å²) in [6.45, 7) is 8.42. The monoisotopic (exact) mass is 406 g/mol. The van der Waals surface area contributed by atoms with Crippen molar-refractivity contribution in [1.29, 1.82) is 0 Å². The Morgan fingerprint density at radius 1 is 1.07 bits per heavy atom. The summed E-state index contributed by atoms with van der Waals surface area (Å²) in [4.78, 5) is 32.8. The van der Waals surface area contributed by atoms with Gasteiger partial charge in [0, 0.05) is 50.7 Å². The molecule has 2 saturated heterocycles. The molecule has 2 fully saturated rings. The van der Waals surface area contributed by atoms with Crippen LogP contribution in [0.5, 0.6) is 0 Å². The topological polar surface area (TPSA) is 55.9 Å². The second-order valence-electron chi connectivity index (χ2n) is 7.90. The van der Waals surface area contributed by atoms with E-state index in [1.807, 2.05) is 17.9 Å². The highest BCUT2D eigenvalue weighted by Gasteiger charge is 2.27. The maximum atomic E-state index is 12.6. The fraction of sp³-hybridized carbons (Fsp3) is 0.714. The Balaban J connectivity index is 1.35. The van der Waals surface area contributed by atoms with Gasteiger partial charge in [0.15, 0.2) is 0 Å². The van der Waals surface area contributed by atoms with E-state index in [2.05, 4.69) is 26.6 Å². The van der Waals surface area contributed by atoms with Gasteiger partial charge < -0.3 is 10.2 Å². The Kier molecular flexibility index (Phi) is 8.30. The van der Waals surface area contributed by atoms with Gasteiger partial charge in [-0.1, -0.05) is 18.9 Å². The third kappa shape index (κ3) is 6.29. The maximum Gasteiger partial charge on any atom is 0.237 e. The van der Waals surface area contributed by atoms with Crippen LogP contribution in [0, 0.1) is 0 Å². The van der Waals surface area contributed by atoms with E-state index in [1.165, 1.54) is 17.7 Å². The number of nitrogens with one attached hydrogen (secondary N) is 1. The van der Waals surface area contributed by atoms with Gasteiger partial charge in [0.25, 0.3) is 0 Å². The summed E-state index contributed by atoms with van der Waals surface area (Å²) in [5.74, 6) is 0.375. The van der Waals surface area contributed by atoms with Gasteiger partial charge in [-0.25, -0.2) is 0 Å². The molecule has 2 aliphatic heterocycles. The van der Waals surface area contributed by atoms with Crippen molar-refractivity contribution in [3.63, 3.8) is 0 Å². The number of rotatable bonds is 7. The van der Waals surface area contributed by atoms with Crippen LogP contribution in [0.3, 0.4) is 0 Å². The van der Waals surface area contributed by atoms with E-state index in [0.29, 0.717) is 13.1 Å². The minimum absolute atomic E-state index is 0.102. The molecule has 1 aromatic heterocycles. The Morgan fingerprint density at radius 3 is 2.43 bits per heavy atom. The summed E-state index contributed by atoms with van der Waals surface area (Å²) in [7, 11) is 0. The van der Waals surface area contributed by atoms with E-state index in [1.54, 1.807) is 11.3 Å². The first-order valence-corrected chi connectivity index (χ1v) is 11.6. The lowest BCUT2D eigenvalue weighted by atomic mass is 10.2. The third-order valence-electron chi connectivity index (χ3n) is 5.90. The molecular weight excluding hydrogens is 372 g/mol. The smallest absolute Gasteiger partial charge is 0.237 e. The zero-order valence-electron chi connectivity index (χ0n) is 17.1. The molecule has 7 heteroatoms. The molecule has 0 aromatic carbocycles. The van der Waals surface area contributed by atoms with E-state index in [9.17, 15) is 9.59 Å². The summed E-state index contributed by atoms with van der Waals surface area (Å²) in [5.41, 5.74) is 0. The predicted octanol–water partition coefficient (Wildman–Crippen LogP) is 1.82. The summed E-state index contributed by atoms with van der Waals surface area (Å²) in [5, 5.41) is 5.13. The van der Waals surface area contributed by atoms with Crippen LogP contribution in [0.15, 0.2) is 17.5 Å². The first-order chi connectivity index (χ1) is 13.6. The van der Waals surface area contributed by atoms with Crippen molar-refractivity contribution in [2.45, 2.75) is 45.1 Å². The molecule has 0 spiro atoms. The first kappa shape index (κ1) is 21.3. The van der Waals surface area contributed by atoms with Gasteiger partial charge in [0.05, 0.1) is 12.6 Å². The second-order valence-corrected chi connectivity index (χ2v) is 8.94. The van der Waals surface area contributed by atoms with Crippen molar-refractivity contribution in [3.05, 3.63) is 22.4 Å². The highest BCUT2D eigenvalue weighted by Crippen LogP contribution is 2.12. The molecule has 0 saturated carbocycles. The largest absolute Gasteiger partial charge is 0.354 e. The van der Waals surface area contributed by atoms with Crippen molar-refractivity contribution in [3.8, 4) is 0 Å². The van der Waals surface area contributed by atoms with Crippen LogP contribution in [0.4, 0.5) is 0 Å². The predicted molar refractivity (Wildman–Crippen MR) is 114 cm³/mol. The third-order valence-corrected chi connectivity index (χ3v) is 6.84. The zero-order valence-corrected chi connectivity index (χ0v) is 17.9. The number of piperazine rings is 1. The number of hydrogen-bond acceptors (Lipinski definition) is 5. The van der Waals surface area contributed by atoms with Crippen molar-refractivity contribution in [2.75, 3.05) is 52.4 Å². The van der Waals surface area contributed by atoms with Gasteiger partial charge in [-0.3, -0.25) is 19.4 Å². The SMILES string of the molecule is C[C@@H](C(=O)NCCc1cccs1)N1CCN(CC(=O)N2CCCCCC2)CC1. The first-order valence-electron chi connectivity index (χ1n) is 10.7. The van der Waals surface area contributed by atoms with Gasteiger partial charge in [0.2, 0.25) is 11.8 Å². The maximum absolute atomic E-state index is 12.6. The number of hydrogen-bond donors (Lipinski definition) is 1. The summed E-state index contributed by atoms with van der Waals surface area (Å²) < 4.78 is 0. The summed E-state index contributed by atoms with van der Waals surface area (Å²) >= 11 is 1.73. The van der Waals surface area contributed by atoms with E-state index >= 15 is 0 Å². The molecule has 1 N–H and O–H groups in total. The molecular formula is C21H34N4O2S. The van der Waals surface area contributed by atoms with Gasteiger partial charge in [-0.05, 0) is 37.6 Å². The van der Waals surface area contributed by atoms with Crippen LogP contribution in [-0.4, -0.2) is 84.9 Å². The highest BCUT2D eigenvalue weighted by molar-refractivity contribution is 7.09. The molecule has 2 aliphatic rings. The fourth-order valence-corrected chi connectivity index (χ4v) is 4.71. The van der Waals surface area contributed by atoms with Crippen molar-refractivity contribution >= 4 is 23.2 Å². The van der Waals surface area contributed by atoms with Crippen molar-refractivity contribution in [1.82, 2.24) is 20.0 Å². The number of nitrogens with zero attached hydrogens (tertiary/aromatic N) is 3. The van der Waals surface area contributed by atoms with Gasteiger partial charge in [-0.2, -0.15) is 0 Å². The molecule has 3 rings (SSSR count). The van der Waals surface area contributed by atoms with Gasteiger partial charge in [0.1, 0.15) is 0 Å². The average Bonchev–Trinajstić information content (AvgIpc) is 3.07. The Bertz CT molecular complexity index is 606. The molecule has 1 aromatic rings. The number of likely N-dealkylation sites (tertiary alicyclic amines) is 1. The fourth-order valence-electron chi connectivity index (χ4n) is 4.00. The molecule has 1 atom stereocenters. The lowest BCUT2D eigenvalue weighted by Crippen LogP contribution is -2.55. The molecule has 28 heavy (non-hydrogen) atoms. The van der Waals surface area contributed by atoms with Crippen LogP contribution >= 0.6 is 11.3 Å². The normalized spacial score (nSPS) is 20.5. The minimum atomic E-state index is -0.119. The second kappa shape index (κ2) is 10.9. The Hall–Kier alpha value is -1.44. The van der Waals surface area contributed by atoms with Crippen LogP contribution < -0.4 is 5.32 Å². The van der Waals surface area contributed by atoms with Gasteiger partial charge in [-0.15, -0.1) is 11.3 Å². The summed E-state index contributed by atoms with van der Waals surface area (Å²) in [6.07, 6.45) is 5.66. The number of carbonyl (C=O) groups excluding carboxylic acids is 2. The van der Waals surface area contributed by atoms with E-state index in [0.717, 1.165) is 58.5 Å². The van der Waals surface area contributed by atoms with Crippen molar-refractivity contribution < 1.29 is 9.59 Å². The average molecular weight is 407 g/mol. The number of carbonyl (C=O) groups is 2. The Morgan fingerprint density at radius 2 is 1.79 bits per heavy atom. The van der Waals surface area contributed by atoms with E-state index < -0.39 is 0 Å². The quantitative estimate of drug-likeness (QED) is 0.750. The van der Waals surface area contributed by atoms with Crippen LogP contribution in [0.1, 0.15) is 37.5 Å². The van der Waals surface area contributed by atoms with Crippen molar-refractivity contribution in [2.24, 2.45) is 0 Å². The Labute approximate surface area is 172 Å². The lowest BCUT2D eigenvalue weighted by Gasteiger charge is -2.37. The molecule has 0 bridgehead atoms. The van der Waals surface area contributed by atoms with E-state index in [4.69, 9.17) is 0 Å². The minimum Gasteiger partial charge on any atom is -0.354 e.